The molecule has 0 heterocycles. The van der Waals surface area contributed by atoms with E-state index in [2.05, 4.69) is 5.32 Å². The number of rotatable bonds is 6. The van der Waals surface area contributed by atoms with E-state index >= 15 is 0 Å². The number of carbonyl (C=O) groups is 2. The minimum absolute atomic E-state index is 0.0721. The van der Waals surface area contributed by atoms with Gasteiger partial charge < -0.3 is 5.32 Å². The number of thioether (sulfide) groups is 1. The van der Waals surface area contributed by atoms with Crippen molar-refractivity contribution in [3.8, 4) is 0 Å². The quantitative estimate of drug-likeness (QED) is 0.430. The van der Waals surface area contributed by atoms with Gasteiger partial charge in [-0.15, -0.1) is 0 Å². The molecule has 0 saturated carbocycles. The highest BCUT2D eigenvalue weighted by atomic mass is 32.2. The largest absolute Gasteiger partial charge is 0.446 e. The molecule has 0 aliphatic rings. The third kappa shape index (κ3) is 6.75. The Labute approximate surface area is 164 Å². The molecular formula is C19H17F3N2O3S. The zero-order valence-corrected chi connectivity index (χ0v) is 15.8. The summed E-state index contributed by atoms with van der Waals surface area (Å²) in [5.74, 6) is -0.741. The van der Waals surface area contributed by atoms with E-state index in [9.17, 15) is 22.8 Å². The van der Waals surface area contributed by atoms with Gasteiger partial charge in [-0.05, 0) is 59.8 Å². The summed E-state index contributed by atoms with van der Waals surface area (Å²) in [5.41, 5.74) is -2.86. The second-order valence-corrected chi connectivity index (χ2v) is 6.64. The van der Waals surface area contributed by atoms with Crippen molar-refractivity contribution in [1.29, 1.82) is 0 Å². The van der Waals surface area contributed by atoms with E-state index in [-0.39, 0.29) is 22.6 Å². The topological polar surface area (TPSA) is 58.6 Å². The summed E-state index contributed by atoms with van der Waals surface area (Å²) in [6.45, 7) is 0. The Morgan fingerprint density at radius 2 is 1.68 bits per heavy atom. The van der Waals surface area contributed by atoms with Crippen LogP contribution >= 0.6 is 11.8 Å². The molecule has 0 aliphatic heterocycles. The molecule has 28 heavy (non-hydrogen) atoms. The summed E-state index contributed by atoms with van der Waals surface area (Å²) in [5, 5.41) is 3.71. The molecule has 1 N–H and O–H groups in total. The molecule has 0 unspecified atom stereocenters. The zero-order valence-electron chi connectivity index (χ0n) is 15.0. The fourth-order valence-electron chi connectivity index (χ4n) is 2.10. The van der Waals surface area contributed by atoms with E-state index in [0.29, 0.717) is 16.8 Å². The van der Waals surface area contributed by atoms with Crippen LogP contribution in [0.3, 0.4) is 0 Å². The molecule has 0 bridgehead atoms. The van der Waals surface area contributed by atoms with Gasteiger partial charge in [0.1, 0.15) is 0 Å². The second kappa shape index (κ2) is 9.43. The third-order valence-electron chi connectivity index (χ3n) is 3.50. The molecule has 0 aliphatic carbocycles. The summed E-state index contributed by atoms with van der Waals surface area (Å²) in [4.78, 5) is 28.8. The zero-order chi connectivity index (χ0) is 20.7. The van der Waals surface area contributed by atoms with E-state index in [4.69, 9.17) is 4.84 Å². The standard InChI is InChI=1S/C19H17F3N2O3S/c1-24(27-2)18(26)14-6-8-15(9-7-14)23-17(25)12-5-13-3-10-16(11-4-13)28-19(20,21)22/h3-12H,1-2H3,(H,23,25). The number of hydrogen-bond donors (Lipinski definition) is 1. The van der Waals surface area contributed by atoms with Gasteiger partial charge in [-0.3, -0.25) is 14.4 Å². The minimum Gasteiger partial charge on any atom is -0.323 e. The number of carbonyl (C=O) groups excluding carboxylic acids is 2. The first kappa shape index (κ1) is 21.5. The molecule has 0 aromatic heterocycles. The molecule has 2 amide bonds. The van der Waals surface area contributed by atoms with E-state index in [1.54, 1.807) is 24.3 Å². The van der Waals surface area contributed by atoms with Crippen LogP contribution in [0.5, 0.6) is 0 Å². The SMILES string of the molecule is CON(C)C(=O)c1ccc(NC(=O)C=Cc2ccc(SC(F)(F)F)cc2)cc1. The lowest BCUT2D eigenvalue weighted by atomic mass is 10.2. The van der Waals surface area contributed by atoms with Crippen molar-refractivity contribution in [3.05, 3.63) is 65.7 Å². The van der Waals surface area contributed by atoms with Gasteiger partial charge in [-0.2, -0.15) is 13.2 Å². The maximum atomic E-state index is 12.3. The molecule has 0 fully saturated rings. The number of alkyl halides is 3. The number of anilines is 1. The van der Waals surface area contributed by atoms with Crippen LogP contribution in [0, 0.1) is 0 Å². The van der Waals surface area contributed by atoms with Crippen LogP contribution in [-0.4, -0.2) is 36.5 Å². The summed E-state index contributed by atoms with van der Waals surface area (Å²) in [6, 6.07) is 11.9. The lowest BCUT2D eigenvalue weighted by molar-refractivity contribution is -0.111. The highest BCUT2D eigenvalue weighted by Gasteiger charge is 2.28. The second-order valence-electron chi connectivity index (χ2n) is 5.50. The van der Waals surface area contributed by atoms with Crippen molar-refractivity contribution in [2.24, 2.45) is 0 Å². The van der Waals surface area contributed by atoms with Gasteiger partial charge in [-0.25, -0.2) is 5.06 Å². The van der Waals surface area contributed by atoms with Gasteiger partial charge in [0.25, 0.3) is 5.91 Å². The van der Waals surface area contributed by atoms with Crippen LogP contribution in [0.15, 0.2) is 59.5 Å². The number of benzene rings is 2. The predicted molar refractivity (Wildman–Crippen MR) is 102 cm³/mol. The van der Waals surface area contributed by atoms with Crippen molar-refractivity contribution in [2.45, 2.75) is 10.4 Å². The highest BCUT2D eigenvalue weighted by molar-refractivity contribution is 8.00. The molecule has 148 valence electrons. The average Bonchev–Trinajstić information content (AvgIpc) is 2.65. The van der Waals surface area contributed by atoms with Gasteiger partial charge in [0.2, 0.25) is 5.91 Å². The number of nitrogens with one attached hydrogen (secondary N) is 1. The third-order valence-corrected chi connectivity index (χ3v) is 4.24. The van der Waals surface area contributed by atoms with Gasteiger partial charge >= 0.3 is 5.51 Å². The molecular weight excluding hydrogens is 393 g/mol. The van der Waals surface area contributed by atoms with E-state index in [1.807, 2.05) is 0 Å². The van der Waals surface area contributed by atoms with Crippen LogP contribution < -0.4 is 5.32 Å². The lowest BCUT2D eigenvalue weighted by Gasteiger charge is -2.13. The fraction of sp³-hybridized carbons (Fsp3) is 0.158. The molecule has 0 atom stereocenters. The van der Waals surface area contributed by atoms with Gasteiger partial charge in [0, 0.05) is 29.3 Å². The molecule has 2 rings (SSSR count). The van der Waals surface area contributed by atoms with Gasteiger partial charge in [0.05, 0.1) is 7.11 Å². The van der Waals surface area contributed by atoms with E-state index in [0.717, 1.165) is 5.06 Å². The lowest BCUT2D eigenvalue weighted by Crippen LogP contribution is -2.25. The Hall–Kier alpha value is -2.78. The number of nitrogens with zero attached hydrogens (tertiary/aromatic N) is 1. The highest BCUT2D eigenvalue weighted by Crippen LogP contribution is 2.36. The number of hydroxylamine groups is 2. The average molecular weight is 410 g/mol. The fourth-order valence-corrected chi connectivity index (χ4v) is 2.64. The molecule has 2 aromatic carbocycles. The number of halogens is 3. The smallest absolute Gasteiger partial charge is 0.323 e. The Bertz CT molecular complexity index is 850. The Balaban J connectivity index is 1.93. The van der Waals surface area contributed by atoms with Crippen LogP contribution in [0.2, 0.25) is 0 Å². The van der Waals surface area contributed by atoms with Gasteiger partial charge in [0.15, 0.2) is 0 Å². The summed E-state index contributed by atoms with van der Waals surface area (Å²) in [7, 11) is 2.86. The first-order chi connectivity index (χ1) is 13.2. The van der Waals surface area contributed by atoms with E-state index < -0.39 is 11.4 Å². The maximum Gasteiger partial charge on any atom is 0.446 e. The van der Waals surface area contributed by atoms with Crippen molar-refractivity contribution in [3.63, 3.8) is 0 Å². The van der Waals surface area contributed by atoms with Gasteiger partial charge in [-0.1, -0.05) is 12.1 Å². The van der Waals surface area contributed by atoms with Crippen LogP contribution in [0.25, 0.3) is 6.08 Å². The normalized spacial score (nSPS) is 11.5. The minimum atomic E-state index is -4.34. The summed E-state index contributed by atoms with van der Waals surface area (Å²) < 4.78 is 36.9. The Kier molecular flexibility index (Phi) is 7.24. The molecule has 0 spiro atoms. The van der Waals surface area contributed by atoms with Crippen molar-refractivity contribution >= 4 is 35.3 Å². The Morgan fingerprint density at radius 3 is 2.21 bits per heavy atom. The van der Waals surface area contributed by atoms with Crippen molar-refractivity contribution < 1.29 is 27.6 Å². The Morgan fingerprint density at radius 1 is 1.07 bits per heavy atom. The molecule has 9 heteroatoms. The van der Waals surface area contributed by atoms with Crippen LogP contribution in [0.4, 0.5) is 18.9 Å². The number of hydrogen-bond acceptors (Lipinski definition) is 4. The summed E-state index contributed by atoms with van der Waals surface area (Å²) >= 11 is -0.196. The monoisotopic (exact) mass is 410 g/mol. The first-order valence-electron chi connectivity index (χ1n) is 7.95. The predicted octanol–water partition coefficient (Wildman–Crippen LogP) is 4.58. The van der Waals surface area contributed by atoms with Crippen molar-refractivity contribution in [2.75, 3.05) is 19.5 Å². The molecule has 5 nitrogen and oxygen atoms in total. The number of amides is 2. The maximum absolute atomic E-state index is 12.3. The molecule has 0 radical (unpaired) electrons. The molecule has 2 aromatic rings. The van der Waals surface area contributed by atoms with Crippen LogP contribution in [0.1, 0.15) is 15.9 Å². The van der Waals surface area contributed by atoms with E-state index in [1.165, 1.54) is 50.6 Å². The first-order valence-corrected chi connectivity index (χ1v) is 8.77. The van der Waals surface area contributed by atoms with Crippen LogP contribution in [-0.2, 0) is 9.63 Å². The summed E-state index contributed by atoms with van der Waals surface area (Å²) in [6.07, 6.45) is 2.76. The molecule has 0 saturated heterocycles. The van der Waals surface area contributed by atoms with Crippen molar-refractivity contribution in [1.82, 2.24) is 5.06 Å².